The Kier molecular flexibility index (Phi) is 4.35. The van der Waals surface area contributed by atoms with Crippen LogP contribution >= 0.6 is 31.9 Å². The molecule has 0 amide bonds. The van der Waals surface area contributed by atoms with Gasteiger partial charge in [-0.3, -0.25) is 0 Å². The van der Waals surface area contributed by atoms with Crippen molar-refractivity contribution < 1.29 is 0 Å². The van der Waals surface area contributed by atoms with Crippen molar-refractivity contribution in [2.45, 2.75) is 13.5 Å². The van der Waals surface area contributed by atoms with Crippen LogP contribution in [0.3, 0.4) is 0 Å². The van der Waals surface area contributed by atoms with Crippen molar-refractivity contribution in [2.75, 3.05) is 11.9 Å². The van der Waals surface area contributed by atoms with Crippen molar-refractivity contribution in [2.24, 2.45) is 0 Å². The van der Waals surface area contributed by atoms with Crippen LogP contribution in [0.15, 0.2) is 39.4 Å². The molecule has 0 aliphatic heterocycles. The van der Waals surface area contributed by atoms with E-state index in [1.807, 2.05) is 38.2 Å². The highest BCUT2D eigenvalue weighted by Crippen LogP contribution is 2.21. The molecular weight excluding hydrogens is 358 g/mol. The minimum absolute atomic E-state index is 0.762. The largest absolute Gasteiger partial charge is 0.355 e. The van der Waals surface area contributed by atoms with Gasteiger partial charge in [-0.15, -0.1) is 0 Å². The van der Waals surface area contributed by atoms with Crippen LogP contribution in [0.2, 0.25) is 0 Å². The van der Waals surface area contributed by atoms with Gasteiger partial charge in [0.05, 0.1) is 0 Å². The second-order valence-electron chi connectivity index (χ2n) is 4.04. The zero-order valence-electron chi connectivity index (χ0n) is 10.2. The van der Waals surface area contributed by atoms with E-state index in [0.29, 0.717) is 0 Å². The van der Waals surface area contributed by atoms with Crippen LogP contribution < -0.4 is 4.90 Å². The van der Waals surface area contributed by atoms with Gasteiger partial charge >= 0.3 is 0 Å². The van der Waals surface area contributed by atoms with Gasteiger partial charge in [0.1, 0.15) is 16.2 Å². The topological polar surface area (TPSA) is 29.0 Å². The van der Waals surface area contributed by atoms with Crippen LogP contribution in [0.5, 0.6) is 0 Å². The zero-order valence-corrected chi connectivity index (χ0v) is 13.4. The molecule has 2 rings (SSSR count). The van der Waals surface area contributed by atoms with Gasteiger partial charge in [0.25, 0.3) is 0 Å². The average Bonchev–Trinajstić information content (AvgIpc) is 2.31. The molecule has 1 aromatic carbocycles. The summed E-state index contributed by atoms with van der Waals surface area (Å²) < 4.78 is 1.92. The first-order chi connectivity index (χ1) is 8.56. The Hall–Kier alpha value is -0.940. The van der Waals surface area contributed by atoms with Gasteiger partial charge in [-0.2, -0.15) is 0 Å². The number of rotatable bonds is 3. The average molecular weight is 371 g/mol. The fourth-order valence-corrected chi connectivity index (χ4v) is 2.55. The molecule has 18 heavy (non-hydrogen) atoms. The molecule has 0 radical (unpaired) electrons. The van der Waals surface area contributed by atoms with E-state index >= 15 is 0 Å². The summed E-state index contributed by atoms with van der Waals surface area (Å²) in [6.45, 7) is 2.69. The standard InChI is InChI=1S/C13H13Br2N3/c1-9-16-12(15)7-13(17-9)18(2)8-10-5-3-4-6-11(10)14/h3-7H,8H2,1-2H3. The molecule has 94 valence electrons. The summed E-state index contributed by atoms with van der Waals surface area (Å²) in [5.41, 5.74) is 1.23. The summed E-state index contributed by atoms with van der Waals surface area (Å²) in [6.07, 6.45) is 0. The van der Waals surface area contributed by atoms with Crippen molar-refractivity contribution in [1.29, 1.82) is 0 Å². The maximum atomic E-state index is 4.43. The molecule has 3 nitrogen and oxygen atoms in total. The fourth-order valence-electron chi connectivity index (χ4n) is 1.68. The molecule has 0 atom stereocenters. The first-order valence-electron chi connectivity index (χ1n) is 5.52. The number of aromatic nitrogens is 2. The van der Waals surface area contributed by atoms with Gasteiger partial charge in [0.2, 0.25) is 0 Å². The van der Waals surface area contributed by atoms with Crippen molar-refractivity contribution in [3.63, 3.8) is 0 Å². The maximum absolute atomic E-state index is 4.43. The van der Waals surface area contributed by atoms with Crippen LogP contribution in [0.4, 0.5) is 5.82 Å². The molecule has 2 aromatic rings. The lowest BCUT2D eigenvalue weighted by Crippen LogP contribution is -2.18. The van der Waals surface area contributed by atoms with E-state index in [9.17, 15) is 0 Å². The molecule has 0 saturated heterocycles. The summed E-state index contributed by atoms with van der Waals surface area (Å²) in [4.78, 5) is 10.7. The number of anilines is 1. The SMILES string of the molecule is Cc1nc(Br)cc(N(C)Cc2ccccc2Br)n1. The maximum Gasteiger partial charge on any atom is 0.133 e. The molecule has 0 aliphatic carbocycles. The first-order valence-corrected chi connectivity index (χ1v) is 7.10. The van der Waals surface area contributed by atoms with E-state index in [4.69, 9.17) is 0 Å². The van der Waals surface area contributed by atoms with Gasteiger partial charge in [0, 0.05) is 24.1 Å². The lowest BCUT2D eigenvalue weighted by atomic mass is 10.2. The van der Waals surface area contributed by atoms with E-state index in [-0.39, 0.29) is 0 Å². The lowest BCUT2D eigenvalue weighted by molar-refractivity contribution is 0.872. The van der Waals surface area contributed by atoms with E-state index in [2.05, 4.69) is 52.8 Å². The highest BCUT2D eigenvalue weighted by atomic mass is 79.9. The smallest absolute Gasteiger partial charge is 0.133 e. The predicted molar refractivity (Wildman–Crippen MR) is 80.7 cm³/mol. The molecule has 0 saturated carbocycles. The number of hydrogen-bond donors (Lipinski definition) is 0. The Bertz CT molecular complexity index is 537. The summed E-state index contributed by atoms with van der Waals surface area (Å²) in [6, 6.07) is 10.1. The molecule has 5 heteroatoms. The van der Waals surface area contributed by atoms with E-state index in [0.717, 1.165) is 27.3 Å². The molecule has 0 unspecified atom stereocenters. The Morgan fingerprint density at radius 3 is 2.56 bits per heavy atom. The molecular formula is C13H13Br2N3. The Balaban J connectivity index is 2.22. The number of nitrogens with zero attached hydrogens (tertiary/aromatic N) is 3. The van der Waals surface area contributed by atoms with Gasteiger partial charge in [0.15, 0.2) is 0 Å². The molecule has 1 heterocycles. The van der Waals surface area contributed by atoms with E-state index in [1.54, 1.807) is 0 Å². The van der Waals surface area contributed by atoms with Crippen molar-refractivity contribution in [3.8, 4) is 0 Å². The molecule has 0 fully saturated rings. The van der Waals surface area contributed by atoms with Crippen LogP contribution in [-0.4, -0.2) is 17.0 Å². The van der Waals surface area contributed by atoms with Crippen molar-refractivity contribution >= 4 is 37.7 Å². The van der Waals surface area contributed by atoms with Gasteiger partial charge in [-0.05, 0) is 34.5 Å². The highest BCUT2D eigenvalue weighted by molar-refractivity contribution is 9.10. The Labute approximate surface area is 124 Å². The summed E-state index contributed by atoms with van der Waals surface area (Å²) in [5, 5.41) is 0. The number of halogens is 2. The second kappa shape index (κ2) is 5.80. The number of benzene rings is 1. The molecule has 0 N–H and O–H groups in total. The van der Waals surface area contributed by atoms with Crippen molar-refractivity contribution in [3.05, 3.63) is 50.8 Å². The Morgan fingerprint density at radius 2 is 1.89 bits per heavy atom. The summed E-state index contributed by atoms with van der Waals surface area (Å²) in [5.74, 6) is 1.67. The second-order valence-corrected chi connectivity index (χ2v) is 5.71. The third-order valence-electron chi connectivity index (χ3n) is 2.55. The zero-order chi connectivity index (χ0) is 13.1. The lowest BCUT2D eigenvalue weighted by Gasteiger charge is -2.19. The molecule has 0 bridgehead atoms. The van der Waals surface area contributed by atoms with Crippen LogP contribution in [0, 0.1) is 6.92 Å². The number of hydrogen-bond acceptors (Lipinski definition) is 3. The third kappa shape index (κ3) is 3.29. The van der Waals surface area contributed by atoms with Crippen LogP contribution in [0.25, 0.3) is 0 Å². The minimum atomic E-state index is 0.762. The minimum Gasteiger partial charge on any atom is -0.355 e. The van der Waals surface area contributed by atoms with E-state index in [1.165, 1.54) is 5.56 Å². The molecule has 1 aromatic heterocycles. The van der Waals surface area contributed by atoms with Gasteiger partial charge in [-0.25, -0.2) is 9.97 Å². The van der Waals surface area contributed by atoms with Gasteiger partial charge in [-0.1, -0.05) is 34.1 Å². The first kappa shape index (κ1) is 13.5. The molecule has 0 aliphatic rings. The van der Waals surface area contributed by atoms with Crippen molar-refractivity contribution in [1.82, 2.24) is 9.97 Å². The van der Waals surface area contributed by atoms with Crippen LogP contribution in [-0.2, 0) is 6.54 Å². The predicted octanol–water partition coefficient (Wildman–Crippen LogP) is 3.95. The Morgan fingerprint density at radius 1 is 1.17 bits per heavy atom. The van der Waals surface area contributed by atoms with Crippen LogP contribution in [0.1, 0.15) is 11.4 Å². The highest BCUT2D eigenvalue weighted by Gasteiger charge is 2.07. The third-order valence-corrected chi connectivity index (χ3v) is 3.73. The fraction of sp³-hybridized carbons (Fsp3) is 0.231. The normalized spacial score (nSPS) is 10.4. The number of aryl methyl sites for hydroxylation is 1. The van der Waals surface area contributed by atoms with E-state index < -0.39 is 0 Å². The van der Waals surface area contributed by atoms with Gasteiger partial charge < -0.3 is 4.90 Å². The molecule has 0 spiro atoms. The quantitative estimate of drug-likeness (QED) is 0.766. The monoisotopic (exact) mass is 369 g/mol. The summed E-state index contributed by atoms with van der Waals surface area (Å²) >= 11 is 6.95. The summed E-state index contributed by atoms with van der Waals surface area (Å²) in [7, 11) is 2.02.